The van der Waals surface area contributed by atoms with Crippen LogP contribution in [0, 0.1) is 11.8 Å². The third-order valence-corrected chi connectivity index (χ3v) is 4.93. The Morgan fingerprint density at radius 3 is 2.55 bits per heavy atom. The molecule has 22 heavy (non-hydrogen) atoms. The molecule has 3 atom stereocenters. The predicted molar refractivity (Wildman–Crippen MR) is 85.6 cm³/mol. The summed E-state index contributed by atoms with van der Waals surface area (Å²) >= 11 is 0. The fourth-order valence-electron chi connectivity index (χ4n) is 3.43. The van der Waals surface area contributed by atoms with Crippen molar-refractivity contribution < 1.29 is 14.3 Å². The fourth-order valence-corrected chi connectivity index (χ4v) is 3.43. The maximum atomic E-state index is 11.8. The van der Waals surface area contributed by atoms with Crippen LogP contribution >= 0.6 is 0 Å². The molecule has 0 bridgehead atoms. The fraction of sp³-hybridized carbons (Fsp3) is 0.368. The van der Waals surface area contributed by atoms with Gasteiger partial charge in [0.25, 0.3) is 0 Å². The van der Waals surface area contributed by atoms with Crippen LogP contribution in [0.1, 0.15) is 36.2 Å². The maximum Gasteiger partial charge on any atom is 0.159 e. The number of benzene rings is 1. The first-order valence-corrected chi connectivity index (χ1v) is 7.57. The van der Waals surface area contributed by atoms with Gasteiger partial charge in [-0.05, 0) is 37.1 Å². The van der Waals surface area contributed by atoms with E-state index in [0.29, 0.717) is 18.6 Å². The molecule has 3 heteroatoms. The molecule has 114 valence electrons. The first kappa shape index (κ1) is 14.9. The average Bonchev–Trinajstić information content (AvgIpc) is 2.84. The Morgan fingerprint density at radius 1 is 1.27 bits per heavy atom. The van der Waals surface area contributed by atoms with Crippen molar-refractivity contribution in [2.45, 2.75) is 25.9 Å². The molecule has 1 aromatic carbocycles. The standard InChI is InChI=1S/C19H20O3/c1-12(14-4-6-15(7-5-14)13(2)20)17-11-22-19(3)9-8-16(21)10-18(17)19/h4-9,17-18H,1,10-11H2,2-3H3. The van der Waals surface area contributed by atoms with Gasteiger partial charge in [-0.2, -0.15) is 0 Å². The van der Waals surface area contributed by atoms with Crippen LogP contribution in [-0.2, 0) is 9.53 Å². The molecule has 0 saturated carbocycles. The van der Waals surface area contributed by atoms with E-state index in [1.807, 2.05) is 37.3 Å². The first-order valence-electron chi connectivity index (χ1n) is 7.57. The molecule has 1 heterocycles. The minimum Gasteiger partial charge on any atom is -0.370 e. The van der Waals surface area contributed by atoms with E-state index in [4.69, 9.17) is 4.74 Å². The molecular weight excluding hydrogens is 276 g/mol. The van der Waals surface area contributed by atoms with E-state index in [1.54, 1.807) is 13.0 Å². The lowest BCUT2D eigenvalue weighted by Gasteiger charge is -2.32. The van der Waals surface area contributed by atoms with E-state index in [-0.39, 0.29) is 29.0 Å². The highest BCUT2D eigenvalue weighted by atomic mass is 16.5. The largest absolute Gasteiger partial charge is 0.370 e. The van der Waals surface area contributed by atoms with Crippen molar-refractivity contribution in [1.29, 1.82) is 0 Å². The Balaban J connectivity index is 1.85. The second kappa shape index (κ2) is 5.33. The summed E-state index contributed by atoms with van der Waals surface area (Å²) in [5.41, 5.74) is 2.30. The number of hydrogen-bond donors (Lipinski definition) is 0. The SMILES string of the molecule is C=C(c1ccc(C(C)=O)cc1)C1COC2(C)C=CC(=O)CC12. The molecule has 3 unspecified atom stereocenters. The van der Waals surface area contributed by atoms with Gasteiger partial charge in [0.2, 0.25) is 0 Å². The van der Waals surface area contributed by atoms with E-state index >= 15 is 0 Å². The van der Waals surface area contributed by atoms with Crippen LogP contribution < -0.4 is 0 Å². The number of Topliss-reactive ketones (excluding diaryl/α,β-unsaturated/α-hetero) is 1. The highest BCUT2D eigenvalue weighted by Crippen LogP contribution is 2.46. The lowest BCUT2D eigenvalue weighted by atomic mass is 9.72. The Morgan fingerprint density at radius 2 is 1.91 bits per heavy atom. The molecule has 1 aliphatic carbocycles. The number of carbonyl (C=O) groups excluding carboxylic acids is 2. The van der Waals surface area contributed by atoms with Crippen molar-refractivity contribution in [3.63, 3.8) is 0 Å². The molecule has 3 nitrogen and oxygen atoms in total. The number of allylic oxidation sites excluding steroid dienone is 1. The molecule has 0 N–H and O–H groups in total. The zero-order valence-electron chi connectivity index (χ0n) is 13.0. The Labute approximate surface area is 130 Å². The molecule has 2 aliphatic rings. The van der Waals surface area contributed by atoms with E-state index < -0.39 is 0 Å². The first-order chi connectivity index (χ1) is 10.4. The summed E-state index contributed by atoms with van der Waals surface area (Å²) in [6.45, 7) is 8.39. The Kier molecular flexibility index (Phi) is 3.61. The highest BCUT2D eigenvalue weighted by Gasteiger charge is 2.48. The van der Waals surface area contributed by atoms with Crippen LogP contribution in [0.4, 0.5) is 0 Å². The normalized spacial score (nSPS) is 30.2. The summed E-state index contributed by atoms with van der Waals surface area (Å²) < 4.78 is 5.96. The van der Waals surface area contributed by atoms with Gasteiger partial charge < -0.3 is 4.74 Å². The van der Waals surface area contributed by atoms with E-state index in [2.05, 4.69) is 6.58 Å². The van der Waals surface area contributed by atoms with Crippen LogP contribution in [0.2, 0.25) is 0 Å². The van der Waals surface area contributed by atoms with Crippen LogP contribution in [-0.4, -0.2) is 23.8 Å². The van der Waals surface area contributed by atoms with Gasteiger partial charge in [-0.25, -0.2) is 0 Å². The number of carbonyl (C=O) groups is 2. The molecule has 0 spiro atoms. The highest BCUT2D eigenvalue weighted by molar-refractivity contribution is 5.94. The number of ether oxygens (including phenoxy) is 1. The summed E-state index contributed by atoms with van der Waals surface area (Å²) in [5.74, 6) is 0.460. The van der Waals surface area contributed by atoms with Crippen molar-refractivity contribution in [3.05, 3.63) is 54.1 Å². The van der Waals surface area contributed by atoms with Crippen molar-refractivity contribution in [2.24, 2.45) is 11.8 Å². The topological polar surface area (TPSA) is 43.4 Å². The molecule has 1 saturated heterocycles. The molecule has 0 aromatic heterocycles. The van der Waals surface area contributed by atoms with Gasteiger partial charge in [-0.3, -0.25) is 9.59 Å². The third kappa shape index (κ3) is 2.46. The second-order valence-corrected chi connectivity index (χ2v) is 6.37. The van der Waals surface area contributed by atoms with Gasteiger partial charge in [-0.1, -0.05) is 30.8 Å². The minimum absolute atomic E-state index is 0.0527. The van der Waals surface area contributed by atoms with Crippen molar-refractivity contribution >= 4 is 17.1 Å². The van der Waals surface area contributed by atoms with E-state index in [0.717, 1.165) is 11.1 Å². The molecular formula is C19H20O3. The van der Waals surface area contributed by atoms with E-state index in [1.165, 1.54) is 0 Å². The monoisotopic (exact) mass is 296 g/mol. The number of ketones is 2. The lowest BCUT2D eigenvalue weighted by molar-refractivity contribution is -0.117. The van der Waals surface area contributed by atoms with Crippen LogP contribution in [0.3, 0.4) is 0 Å². The molecule has 1 aliphatic heterocycles. The zero-order chi connectivity index (χ0) is 15.9. The Hall–Kier alpha value is -2.00. The van der Waals surface area contributed by atoms with Crippen LogP contribution in [0.5, 0.6) is 0 Å². The quantitative estimate of drug-likeness (QED) is 0.802. The summed E-state index contributed by atoms with van der Waals surface area (Å²) in [7, 11) is 0. The molecule has 0 amide bonds. The van der Waals surface area contributed by atoms with Gasteiger partial charge in [0.1, 0.15) is 0 Å². The maximum absolute atomic E-state index is 11.8. The summed E-state index contributed by atoms with van der Waals surface area (Å²) in [6, 6.07) is 7.50. The van der Waals surface area contributed by atoms with Gasteiger partial charge in [0.15, 0.2) is 11.6 Å². The molecule has 3 rings (SSSR count). The van der Waals surface area contributed by atoms with Crippen LogP contribution in [0.25, 0.3) is 5.57 Å². The number of fused-ring (bicyclic) bond motifs is 1. The number of rotatable bonds is 3. The second-order valence-electron chi connectivity index (χ2n) is 6.37. The van der Waals surface area contributed by atoms with E-state index in [9.17, 15) is 9.59 Å². The average molecular weight is 296 g/mol. The van der Waals surface area contributed by atoms with Crippen molar-refractivity contribution in [1.82, 2.24) is 0 Å². The third-order valence-electron chi connectivity index (χ3n) is 4.93. The van der Waals surface area contributed by atoms with Gasteiger partial charge in [0.05, 0.1) is 12.2 Å². The van der Waals surface area contributed by atoms with Gasteiger partial charge in [-0.15, -0.1) is 0 Å². The molecule has 1 aromatic rings. The lowest BCUT2D eigenvalue weighted by Crippen LogP contribution is -2.36. The molecule has 0 radical (unpaired) electrons. The van der Waals surface area contributed by atoms with Crippen molar-refractivity contribution in [2.75, 3.05) is 6.61 Å². The predicted octanol–water partition coefficient (Wildman–Crippen LogP) is 3.45. The number of hydrogen-bond acceptors (Lipinski definition) is 3. The minimum atomic E-state index is -0.374. The summed E-state index contributed by atoms with van der Waals surface area (Å²) in [4.78, 5) is 23.1. The summed E-state index contributed by atoms with van der Waals surface area (Å²) in [5, 5.41) is 0. The molecule has 1 fully saturated rings. The smallest absolute Gasteiger partial charge is 0.159 e. The van der Waals surface area contributed by atoms with Crippen molar-refractivity contribution in [3.8, 4) is 0 Å². The Bertz CT molecular complexity index is 668. The van der Waals surface area contributed by atoms with Gasteiger partial charge in [0, 0.05) is 23.8 Å². The van der Waals surface area contributed by atoms with Gasteiger partial charge >= 0.3 is 0 Å². The zero-order valence-corrected chi connectivity index (χ0v) is 13.0. The van der Waals surface area contributed by atoms with Crippen LogP contribution in [0.15, 0.2) is 43.0 Å². The summed E-state index contributed by atoms with van der Waals surface area (Å²) in [6.07, 6.45) is 4.02.